The van der Waals surface area contributed by atoms with E-state index in [0.717, 1.165) is 24.4 Å². The van der Waals surface area contributed by atoms with Gasteiger partial charge in [-0.2, -0.15) is 11.8 Å². The van der Waals surface area contributed by atoms with Gasteiger partial charge < -0.3 is 10.5 Å². The third kappa shape index (κ3) is 5.78. The Hall–Kier alpha value is -1.70. The van der Waals surface area contributed by atoms with E-state index in [1.807, 2.05) is 28.6 Å². The number of rotatable bonds is 8. The van der Waals surface area contributed by atoms with Crippen LogP contribution in [0.2, 0.25) is 0 Å². The standard InChI is InChI=1S/C16H19N3O2S2/c1-23-9-8-19(22)11-12-2-5-14(6-3-12)21-15-7-4-13(10-18-15)16(17)20/h2-7,10,22H,8-9,11H2,1H3,(H2,17,20). The summed E-state index contributed by atoms with van der Waals surface area (Å²) in [4.78, 5) is 15.0. The highest BCUT2D eigenvalue weighted by molar-refractivity contribution is 7.98. The molecule has 0 bridgehead atoms. The molecule has 0 radical (unpaired) electrons. The summed E-state index contributed by atoms with van der Waals surface area (Å²) in [5.74, 6) is 1.64. The number of amides is 1. The van der Waals surface area contributed by atoms with Crippen LogP contribution >= 0.6 is 24.6 Å². The Morgan fingerprint density at radius 3 is 2.61 bits per heavy atom. The molecule has 0 unspecified atom stereocenters. The van der Waals surface area contributed by atoms with E-state index in [1.165, 1.54) is 6.20 Å². The normalized spacial score (nSPS) is 10.7. The fraction of sp³-hybridized carbons (Fsp3) is 0.250. The first-order valence-corrected chi connectivity index (χ1v) is 8.83. The van der Waals surface area contributed by atoms with Crippen LogP contribution in [0, 0.1) is 0 Å². The highest BCUT2D eigenvalue weighted by Gasteiger charge is 2.04. The lowest BCUT2D eigenvalue weighted by Crippen LogP contribution is -2.14. The molecule has 0 aliphatic heterocycles. The number of hydrogen-bond donors (Lipinski definition) is 2. The fourth-order valence-electron chi connectivity index (χ4n) is 1.86. The van der Waals surface area contributed by atoms with Crippen molar-refractivity contribution in [3.05, 3.63) is 53.7 Å². The molecule has 122 valence electrons. The number of ether oxygens (including phenoxy) is 1. The number of benzene rings is 1. The van der Waals surface area contributed by atoms with E-state index in [9.17, 15) is 4.79 Å². The molecule has 0 atom stereocenters. The van der Waals surface area contributed by atoms with Crippen LogP contribution in [0.3, 0.4) is 0 Å². The summed E-state index contributed by atoms with van der Waals surface area (Å²) in [7, 11) is 0. The highest BCUT2D eigenvalue weighted by atomic mass is 32.2. The lowest BCUT2D eigenvalue weighted by Gasteiger charge is -2.14. The van der Waals surface area contributed by atoms with Crippen molar-refractivity contribution in [2.45, 2.75) is 6.54 Å². The van der Waals surface area contributed by atoms with Gasteiger partial charge in [0, 0.05) is 31.1 Å². The van der Waals surface area contributed by atoms with Gasteiger partial charge in [0.05, 0.1) is 5.56 Å². The Bertz CT molecular complexity index is 633. The Kier molecular flexibility index (Phi) is 6.76. The van der Waals surface area contributed by atoms with E-state index in [0.29, 0.717) is 17.2 Å². The van der Waals surface area contributed by atoms with Crippen LogP contribution in [-0.2, 0) is 6.54 Å². The second-order valence-electron chi connectivity index (χ2n) is 4.88. The van der Waals surface area contributed by atoms with Gasteiger partial charge in [0.15, 0.2) is 0 Å². The van der Waals surface area contributed by atoms with Crippen molar-refractivity contribution in [1.82, 2.24) is 9.29 Å². The summed E-state index contributed by atoms with van der Waals surface area (Å²) in [6.45, 7) is 1.70. The topological polar surface area (TPSA) is 68.5 Å². The van der Waals surface area contributed by atoms with E-state index < -0.39 is 5.91 Å². The van der Waals surface area contributed by atoms with E-state index in [-0.39, 0.29) is 0 Å². The van der Waals surface area contributed by atoms with Gasteiger partial charge in [0.1, 0.15) is 5.75 Å². The van der Waals surface area contributed by atoms with Gasteiger partial charge in [0.25, 0.3) is 0 Å². The number of aromatic nitrogens is 1. The molecule has 1 amide bonds. The third-order valence-corrected chi connectivity index (χ3v) is 4.02. The number of nitrogens with two attached hydrogens (primary N) is 1. The lowest BCUT2D eigenvalue weighted by molar-refractivity contribution is 0.1000. The maximum absolute atomic E-state index is 11.0. The number of primary amides is 1. The molecule has 1 heterocycles. The van der Waals surface area contributed by atoms with Crippen molar-refractivity contribution in [3.8, 4) is 11.6 Å². The Labute approximate surface area is 145 Å². The van der Waals surface area contributed by atoms with E-state index in [4.69, 9.17) is 10.5 Å². The average Bonchev–Trinajstić information content (AvgIpc) is 2.55. The van der Waals surface area contributed by atoms with Crippen molar-refractivity contribution in [3.63, 3.8) is 0 Å². The van der Waals surface area contributed by atoms with Gasteiger partial charge in [-0.1, -0.05) is 24.9 Å². The third-order valence-electron chi connectivity index (χ3n) is 3.09. The second kappa shape index (κ2) is 8.81. The Morgan fingerprint density at radius 1 is 1.30 bits per heavy atom. The largest absolute Gasteiger partial charge is 0.439 e. The molecule has 23 heavy (non-hydrogen) atoms. The van der Waals surface area contributed by atoms with Gasteiger partial charge in [-0.15, -0.1) is 0 Å². The minimum absolute atomic E-state index is 0.354. The van der Waals surface area contributed by atoms with Gasteiger partial charge in [0.2, 0.25) is 11.8 Å². The Balaban J connectivity index is 1.93. The molecule has 2 rings (SSSR count). The molecule has 1 aromatic carbocycles. The predicted octanol–water partition coefficient (Wildman–Crippen LogP) is 2.98. The minimum Gasteiger partial charge on any atom is -0.439 e. The van der Waals surface area contributed by atoms with Crippen molar-refractivity contribution in [1.29, 1.82) is 0 Å². The van der Waals surface area contributed by atoms with Crippen LogP contribution < -0.4 is 10.5 Å². The van der Waals surface area contributed by atoms with Crippen molar-refractivity contribution in [2.24, 2.45) is 5.73 Å². The molecule has 0 fully saturated rings. The average molecular weight is 349 g/mol. The summed E-state index contributed by atoms with van der Waals surface area (Å²) >= 11 is 6.25. The molecule has 1 aromatic heterocycles. The molecular weight excluding hydrogens is 330 g/mol. The number of carbonyl (C=O) groups is 1. The van der Waals surface area contributed by atoms with Crippen LogP contribution in [0.4, 0.5) is 0 Å². The summed E-state index contributed by atoms with van der Waals surface area (Å²) in [6, 6.07) is 11.0. The smallest absolute Gasteiger partial charge is 0.250 e. The lowest BCUT2D eigenvalue weighted by atomic mass is 10.2. The summed E-state index contributed by atoms with van der Waals surface area (Å²) in [5.41, 5.74) is 6.68. The van der Waals surface area contributed by atoms with Crippen LogP contribution in [0.1, 0.15) is 15.9 Å². The van der Waals surface area contributed by atoms with Crippen LogP contribution in [0.5, 0.6) is 11.6 Å². The first kappa shape index (κ1) is 17.7. The molecule has 0 aliphatic rings. The zero-order valence-corrected chi connectivity index (χ0v) is 14.5. The number of thiol groups is 1. The molecule has 2 aromatic rings. The van der Waals surface area contributed by atoms with Crippen molar-refractivity contribution < 1.29 is 9.53 Å². The van der Waals surface area contributed by atoms with E-state index >= 15 is 0 Å². The first-order chi connectivity index (χ1) is 11.1. The van der Waals surface area contributed by atoms with Gasteiger partial charge in [-0.3, -0.25) is 4.79 Å². The molecule has 5 nitrogen and oxygen atoms in total. The number of carbonyl (C=O) groups excluding carboxylic acids is 1. The number of nitrogens with zero attached hydrogens (tertiary/aromatic N) is 2. The monoisotopic (exact) mass is 349 g/mol. The molecule has 0 saturated carbocycles. The molecule has 0 aliphatic carbocycles. The minimum atomic E-state index is -0.508. The summed E-state index contributed by atoms with van der Waals surface area (Å²) in [5, 5.41) is 0. The molecule has 0 spiro atoms. The maximum Gasteiger partial charge on any atom is 0.250 e. The van der Waals surface area contributed by atoms with Crippen LogP contribution in [0.25, 0.3) is 0 Å². The highest BCUT2D eigenvalue weighted by Crippen LogP contribution is 2.20. The molecular formula is C16H19N3O2S2. The van der Waals surface area contributed by atoms with E-state index in [1.54, 1.807) is 23.9 Å². The maximum atomic E-state index is 11.0. The number of pyridine rings is 1. The summed E-state index contributed by atoms with van der Waals surface area (Å²) < 4.78 is 7.62. The predicted molar refractivity (Wildman–Crippen MR) is 97.0 cm³/mol. The second-order valence-corrected chi connectivity index (χ2v) is 6.43. The zero-order chi connectivity index (χ0) is 16.7. The number of thioether (sulfide) groups is 1. The van der Waals surface area contributed by atoms with Crippen LogP contribution in [-0.4, -0.2) is 33.7 Å². The zero-order valence-electron chi connectivity index (χ0n) is 12.8. The molecule has 0 saturated heterocycles. The summed E-state index contributed by atoms with van der Waals surface area (Å²) in [6.07, 6.45) is 3.48. The van der Waals surface area contributed by atoms with Crippen molar-refractivity contribution in [2.75, 3.05) is 18.6 Å². The number of hydrogen-bond acceptors (Lipinski definition) is 6. The first-order valence-electron chi connectivity index (χ1n) is 7.04. The van der Waals surface area contributed by atoms with Gasteiger partial charge in [-0.05, 0) is 30.0 Å². The molecule has 7 heteroatoms. The van der Waals surface area contributed by atoms with E-state index in [2.05, 4.69) is 24.1 Å². The molecule has 2 N–H and O–H groups in total. The van der Waals surface area contributed by atoms with Crippen molar-refractivity contribution >= 4 is 30.5 Å². The quantitative estimate of drug-likeness (QED) is 0.717. The fourth-order valence-corrected chi connectivity index (χ4v) is 2.66. The van der Waals surface area contributed by atoms with Gasteiger partial charge >= 0.3 is 0 Å². The van der Waals surface area contributed by atoms with Gasteiger partial charge in [-0.25, -0.2) is 9.29 Å². The van der Waals surface area contributed by atoms with Crippen LogP contribution in [0.15, 0.2) is 42.6 Å². The SMILES string of the molecule is CSCCN(S)Cc1ccc(Oc2ccc(C(N)=O)cn2)cc1. The Morgan fingerprint density at radius 2 is 2.04 bits per heavy atom.